The van der Waals surface area contributed by atoms with Crippen LogP contribution >= 0.6 is 0 Å². The number of anilines is 1. The van der Waals surface area contributed by atoms with Gasteiger partial charge in [0.15, 0.2) is 0 Å². The number of aryl methyl sites for hydroxylation is 1. The SMILES string of the molecule is Cc1ccc(-c2nc(-c3ccc(OC(F)(F)F)cc3)no2)c(=O)n1Cc1cccc(N2CC[N+](C)(OC(=O)C(F)(F)F)CC2)c1. The third kappa shape index (κ3) is 7.45. The molecule has 10 nitrogen and oxygen atoms in total. The number of quaternary nitrogens is 1. The van der Waals surface area contributed by atoms with Crippen LogP contribution in [-0.4, -0.2) is 71.1 Å². The lowest BCUT2D eigenvalue weighted by atomic mass is 10.1. The number of hydroxylamine groups is 3. The summed E-state index contributed by atoms with van der Waals surface area (Å²) in [5.41, 5.74) is 2.26. The van der Waals surface area contributed by atoms with Crippen LogP contribution in [0.3, 0.4) is 0 Å². The van der Waals surface area contributed by atoms with Crippen LogP contribution in [0.2, 0.25) is 0 Å². The number of carbonyl (C=O) groups is 1. The number of hydrogen-bond donors (Lipinski definition) is 0. The number of rotatable bonds is 7. The monoisotopic (exact) mass is 638 g/mol. The minimum Gasteiger partial charge on any atom is -0.406 e. The van der Waals surface area contributed by atoms with Crippen molar-refractivity contribution in [2.45, 2.75) is 26.0 Å². The van der Waals surface area contributed by atoms with Gasteiger partial charge < -0.3 is 18.7 Å². The van der Waals surface area contributed by atoms with Crippen molar-refractivity contribution in [3.8, 4) is 28.6 Å². The summed E-state index contributed by atoms with van der Waals surface area (Å²) < 4.78 is 85.6. The Morgan fingerprint density at radius 3 is 2.33 bits per heavy atom. The van der Waals surface area contributed by atoms with E-state index < -0.39 is 34.5 Å². The molecule has 1 aliphatic heterocycles. The lowest BCUT2D eigenvalue weighted by Crippen LogP contribution is -2.59. The highest BCUT2D eigenvalue weighted by atomic mass is 19.4. The second-order valence-electron chi connectivity index (χ2n) is 10.6. The summed E-state index contributed by atoms with van der Waals surface area (Å²) in [6.07, 6.45) is -9.90. The van der Waals surface area contributed by atoms with Gasteiger partial charge >= 0.3 is 18.5 Å². The van der Waals surface area contributed by atoms with Crippen LogP contribution in [0.15, 0.2) is 70.0 Å². The molecule has 0 amide bonds. The fourth-order valence-corrected chi connectivity index (χ4v) is 4.81. The number of likely N-dealkylation sites (N-methyl/N-ethyl adjacent to an activating group) is 1. The van der Waals surface area contributed by atoms with Crippen molar-refractivity contribution in [2.24, 2.45) is 0 Å². The molecular formula is C29H26F6N5O5+. The Kier molecular flexibility index (Phi) is 8.35. The topological polar surface area (TPSA) is 99.7 Å². The summed E-state index contributed by atoms with van der Waals surface area (Å²) in [6, 6.07) is 15.5. The summed E-state index contributed by atoms with van der Waals surface area (Å²) in [5.74, 6) is -2.65. The van der Waals surface area contributed by atoms with Crippen LogP contribution in [0.5, 0.6) is 5.75 Å². The van der Waals surface area contributed by atoms with Crippen LogP contribution < -0.4 is 15.2 Å². The van der Waals surface area contributed by atoms with E-state index in [1.165, 1.54) is 29.8 Å². The first-order chi connectivity index (χ1) is 21.1. The number of piperazine rings is 1. The molecule has 1 fully saturated rings. The fraction of sp³-hybridized carbons (Fsp3) is 0.310. The number of hydrogen-bond acceptors (Lipinski definition) is 8. The maximum absolute atomic E-state index is 13.5. The molecule has 238 valence electrons. The molecule has 3 heterocycles. The van der Waals surface area contributed by atoms with E-state index in [0.29, 0.717) is 24.3 Å². The standard InChI is InChI=1S/C29H26F6N5O5/c1-18-6-11-23(25-36-24(37-44-25)20-7-9-22(10-8-20)43-29(33,34)35)26(41)39(18)17-19-4-3-5-21(16-19)38-12-14-40(2,15-13-38)45-27(42)28(30,31)32/h3-11,16H,12-15,17H2,1-2H3/q+1. The number of halogens is 6. The van der Waals surface area contributed by atoms with E-state index in [4.69, 9.17) is 9.36 Å². The minimum atomic E-state index is -5.07. The zero-order valence-corrected chi connectivity index (χ0v) is 23.9. The zero-order valence-electron chi connectivity index (χ0n) is 23.9. The van der Waals surface area contributed by atoms with Crippen LogP contribution in [0.1, 0.15) is 11.3 Å². The molecular weight excluding hydrogens is 612 g/mol. The van der Waals surface area contributed by atoms with Crippen molar-refractivity contribution >= 4 is 11.7 Å². The normalized spacial score (nSPS) is 15.2. The molecule has 5 rings (SSSR count). The van der Waals surface area contributed by atoms with Crippen molar-refractivity contribution < 1.29 is 49.9 Å². The Morgan fingerprint density at radius 2 is 1.69 bits per heavy atom. The van der Waals surface area contributed by atoms with E-state index in [1.807, 2.05) is 23.1 Å². The van der Waals surface area contributed by atoms with Gasteiger partial charge in [0, 0.05) is 16.9 Å². The maximum atomic E-state index is 13.5. The molecule has 2 aromatic carbocycles. The Labute approximate surface area is 251 Å². The average molecular weight is 639 g/mol. The second-order valence-corrected chi connectivity index (χ2v) is 10.6. The molecule has 1 saturated heterocycles. The largest absolute Gasteiger partial charge is 0.573 e. The van der Waals surface area contributed by atoms with Crippen LogP contribution in [0.25, 0.3) is 22.8 Å². The molecule has 0 bridgehead atoms. The van der Waals surface area contributed by atoms with E-state index in [0.717, 1.165) is 23.4 Å². The maximum Gasteiger partial charge on any atom is 0.573 e. The van der Waals surface area contributed by atoms with Crippen molar-refractivity contribution in [1.29, 1.82) is 0 Å². The van der Waals surface area contributed by atoms with E-state index in [2.05, 4.69) is 14.9 Å². The third-order valence-electron chi connectivity index (χ3n) is 7.23. The second kappa shape index (κ2) is 11.9. The number of aromatic nitrogens is 3. The highest BCUT2D eigenvalue weighted by Gasteiger charge is 2.47. The number of alkyl halides is 6. The van der Waals surface area contributed by atoms with Gasteiger partial charge in [0.25, 0.3) is 11.4 Å². The van der Waals surface area contributed by atoms with E-state index in [9.17, 15) is 35.9 Å². The molecule has 0 radical (unpaired) electrons. The number of carbonyl (C=O) groups excluding carboxylic acids is 1. The lowest BCUT2D eigenvalue weighted by molar-refractivity contribution is -1.08. The van der Waals surface area contributed by atoms with Crippen LogP contribution in [0, 0.1) is 6.92 Å². The number of ether oxygens (including phenoxy) is 1. The predicted octanol–water partition coefficient (Wildman–Crippen LogP) is 5.11. The highest BCUT2D eigenvalue weighted by molar-refractivity contribution is 5.74. The Hall–Kier alpha value is -4.86. The van der Waals surface area contributed by atoms with Gasteiger partial charge in [-0.3, -0.25) is 9.63 Å². The highest BCUT2D eigenvalue weighted by Crippen LogP contribution is 2.27. The molecule has 45 heavy (non-hydrogen) atoms. The summed E-state index contributed by atoms with van der Waals surface area (Å²) in [7, 11) is 1.43. The summed E-state index contributed by atoms with van der Waals surface area (Å²) in [5, 5.41) is 3.86. The molecule has 4 aromatic rings. The molecule has 2 aromatic heterocycles. The van der Waals surface area contributed by atoms with E-state index >= 15 is 0 Å². The summed E-state index contributed by atoms with van der Waals surface area (Å²) in [6.45, 7) is 2.88. The Bertz CT molecular complexity index is 1740. The van der Waals surface area contributed by atoms with Gasteiger partial charge in [0.05, 0.1) is 19.6 Å². The fourth-order valence-electron chi connectivity index (χ4n) is 4.81. The molecule has 0 atom stereocenters. The molecule has 0 unspecified atom stereocenters. The molecule has 0 spiro atoms. The number of nitrogens with zero attached hydrogens (tertiary/aromatic N) is 5. The van der Waals surface area contributed by atoms with Gasteiger partial charge in [-0.25, -0.2) is 4.79 Å². The van der Waals surface area contributed by atoms with Gasteiger partial charge in [0.1, 0.15) is 31.5 Å². The van der Waals surface area contributed by atoms with Crippen LogP contribution in [0.4, 0.5) is 32.0 Å². The third-order valence-corrected chi connectivity index (χ3v) is 7.23. The van der Waals surface area contributed by atoms with E-state index in [-0.39, 0.29) is 36.9 Å². The van der Waals surface area contributed by atoms with E-state index in [1.54, 1.807) is 19.1 Å². The lowest BCUT2D eigenvalue weighted by Gasteiger charge is -2.39. The van der Waals surface area contributed by atoms with Crippen molar-refractivity contribution in [1.82, 2.24) is 14.7 Å². The Balaban J connectivity index is 1.30. The summed E-state index contributed by atoms with van der Waals surface area (Å²) >= 11 is 0. The molecule has 0 N–H and O–H groups in total. The van der Waals surface area contributed by atoms with Gasteiger partial charge in [0.2, 0.25) is 5.82 Å². The first-order valence-electron chi connectivity index (χ1n) is 13.5. The minimum absolute atomic E-state index is 0.0622. The van der Waals surface area contributed by atoms with Gasteiger partial charge in [-0.05, 0) is 61.0 Å². The van der Waals surface area contributed by atoms with Gasteiger partial charge in [-0.15, -0.1) is 17.8 Å². The van der Waals surface area contributed by atoms with Crippen molar-refractivity contribution in [3.63, 3.8) is 0 Å². The first-order valence-corrected chi connectivity index (χ1v) is 13.5. The molecule has 1 aliphatic rings. The molecule has 16 heteroatoms. The van der Waals surface area contributed by atoms with Crippen molar-refractivity contribution in [2.75, 3.05) is 38.1 Å². The molecule has 0 saturated carbocycles. The van der Waals surface area contributed by atoms with Gasteiger partial charge in [-0.2, -0.15) is 18.2 Å². The van der Waals surface area contributed by atoms with Gasteiger partial charge in [-0.1, -0.05) is 17.3 Å². The zero-order chi connectivity index (χ0) is 32.6. The van der Waals surface area contributed by atoms with Crippen LogP contribution in [-0.2, 0) is 16.2 Å². The molecule has 0 aliphatic carbocycles. The number of benzene rings is 2. The quantitative estimate of drug-likeness (QED) is 0.204. The smallest absolute Gasteiger partial charge is 0.406 e. The van der Waals surface area contributed by atoms with Crippen molar-refractivity contribution in [3.05, 3.63) is 82.3 Å². The average Bonchev–Trinajstić information content (AvgIpc) is 3.45. The number of pyridine rings is 1. The first kappa shape index (κ1) is 31.6. The Morgan fingerprint density at radius 1 is 1.00 bits per heavy atom. The predicted molar refractivity (Wildman–Crippen MR) is 147 cm³/mol. The summed E-state index contributed by atoms with van der Waals surface area (Å²) in [4.78, 5) is 35.8.